The maximum Gasteiger partial charge on any atom is 0.160 e. The second-order valence-corrected chi connectivity index (χ2v) is 4.28. The first-order chi connectivity index (χ1) is 8.28. The Kier molecular flexibility index (Phi) is 4.48. The van der Waals surface area contributed by atoms with Gasteiger partial charge in [0.05, 0.1) is 19.3 Å². The van der Waals surface area contributed by atoms with Gasteiger partial charge in [0.1, 0.15) is 0 Å². The van der Waals surface area contributed by atoms with Crippen LogP contribution in [0.5, 0.6) is 0 Å². The summed E-state index contributed by atoms with van der Waals surface area (Å²) >= 11 is 0. The van der Waals surface area contributed by atoms with Gasteiger partial charge in [-0.3, -0.25) is 4.98 Å². The zero-order valence-electron chi connectivity index (χ0n) is 10.1. The van der Waals surface area contributed by atoms with Crippen LogP contribution in [0, 0.1) is 0 Å². The van der Waals surface area contributed by atoms with Gasteiger partial charge in [-0.1, -0.05) is 13.0 Å². The van der Waals surface area contributed by atoms with E-state index in [1.54, 1.807) is 0 Å². The molecular formula is C13H19NO3. The highest BCUT2D eigenvalue weighted by molar-refractivity contribution is 5.14. The summed E-state index contributed by atoms with van der Waals surface area (Å²) in [6, 6.07) is 4.02. The predicted molar refractivity (Wildman–Crippen MR) is 63.6 cm³/mol. The molecule has 2 rings (SSSR count). The van der Waals surface area contributed by atoms with Gasteiger partial charge in [-0.25, -0.2) is 0 Å². The number of nitrogens with zero attached hydrogens (tertiary/aromatic N) is 1. The Morgan fingerprint density at radius 2 is 2.18 bits per heavy atom. The molecule has 2 heterocycles. The number of hydrogen-bond acceptors (Lipinski definition) is 4. The second kappa shape index (κ2) is 6.10. The summed E-state index contributed by atoms with van der Waals surface area (Å²) in [5.74, 6) is 0. The van der Waals surface area contributed by atoms with Crippen LogP contribution in [0.1, 0.15) is 24.6 Å². The van der Waals surface area contributed by atoms with Gasteiger partial charge < -0.3 is 14.6 Å². The summed E-state index contributed by atoms with van der Waals surface area (Å²) in [6.07, 6.45) is 3.20. The van der Waals surface area contributed by atoms with Gasteiger partial charge in [-0.05, 0) is 18.1 Å². The normalized spacial score (nSPS) is 18.5. The number of aryl methyl sites for hydroxylation is 1. The van der Waals surface area contributed by atoms with E-state index in [0.29, 0.717) is 26.1 Å². The SMILES string of the molecule is CCc1ccc(CC(O)CC2OCCO2)nc1. The van der Waals surface area contributed by atoms with Crippen molar-refractivity contribution >= 4 is 0 Å². The first-order valence-electron chi connectivity index (χ1n) is 6.13. The summed E-state index contributed by atoms with van der Waals surface area (Å²) in [5.41, 5.74) is 2.12. The molecule has 1 N–H and O–H groups in total. The molecule has 1 unspecified atom stereocenters. The highest BCUT2D eigenvalue weighted by Crippen LogP contribution is 2.13. The van der Waals surface area contributed by atoms with Gasteiger partial charge in [0.2, 0.25) is 0 Å². The molecule has 4 nitrogen and oxygen atoms in total. The molecule has 0 saturated carbocycles. The number of hydrogen-bond donors (Lipinski definition) is 1. The number of ether oxygens (including phenoxy) is 2. The van der Waals surface area contributed by atoms with Crippen molar-refractivity contribution in [3.8, 4) is 0 Å². The molecule has 1 fully saturated rings. The van der Waals surface area contributed by atoms with Gasteiger partial charge in [-0.2, -0.15) is 0 Å². The van der Waals surface area contributed by atoms with Crippen LogP contribution in [0.15, 0.2) is 18.3 Å². The van der Waals surface area contributed by atoms with Crippen molar-refractivity contribution in [2.75, 3.05) is 13.2 Å². The van der Waals surface area contributed by atoms with Gasteiger partial charge >= 0.3 is 0 Å². The third kappa shape index (κ3) is 3.77. The van der Waals surface area contributed by atoms with Crippen molar-refractivity contribution in [3.05, 3.63) is 29.6 Å². The Morgan fingerprint density at radius 1 is 1.41 bits per heavy atom. The minimum Gasteiger partial charge on any atom is -0.393 e. The van der Waals surface area contributed by atoms with Gasteiger partial charge in [0.15, 0.2) is 6.29 Å². The van der Waals surface area contributed by atoms with E-state index < -0.39 is 6.10 Å². The third-order valence-electron chi connectivity index (χ3n) is 2.89. The zero-order valence-corrected chi connectivity index (χ0v) is 10.1. The molecule has 4 heteroatoms. The standard InChI is InChI=1S/C13H19NO3/c1-2-10-3-4-11(14-9-10)7-12(15)8-13-16-5-6-17-13/h3-4,9,12-13,15H,2,5-8H2,1H3. The molecule has 0 amide bonds. The van der Waals surface area contributed by atoms with E-state index in [4.69, 9.17) is 9.47 Å². The number of aliphatic hydroxyl groups is 1. The van der Waals surface area contributed by atoms with E-state index in [1.807, 2.05) is 12.3 Å². The van der Waals surface area contributed by atoms with Crippen molar-refractivity contribution in [1.82, 2.24) is 4.98 Å². The summed E-state index contributed by atoms with van der Waals surface area (Å²) < 4.78 is 10.6. The molecule has 0 aliphatic carbocycles. The molecular weight excluding hydrogens is 218 g/mol. The monoisotopic (exact) mass is 237 g/mol. The second-order valence-electron chi connectivity index (χ2n) is 4.28. The Balaban J connectivity index is 1.81. The topological polar surface area (TPSA) is 51.6 Å². The minimum atomic E-state index is -0.460. The molecule has 1 saturated heterocycles. The summed E-state index contributed by atoms with van der Waals surface area (Å²) in [6.45, 7) is 3.35. The predicted octanol–water partition coefficient (Wildman–Crippen LogP) is 1.31. The van der Waals surface area contributed by atoms with E-state index in [1.165, 1.54) is 5.56 Å². The summed E-state index contributed by atoms with van der Waals surface area (Å²) in [5, 5.41) is 9.89. The highest BCUT2D eigenvalue weighted by Gasteiger charge is 2.20. The molecule has 94 valence electrons. The van der Waals surface area contributed by atoms with Gasteiger partial charge in [0, 0.05) is 24.7 Å². The van der Waals surface area contributed by atoms with Crippen molar-refractivity contribution < 1.29 is 14.6 Å². The first-order valence-corrected chi connectivity index (χ1v) is 6.13. The van der Waals surface area contributed by atoms with Gasteiger partial charge in [-0.15, -0.1) is 0 Å². The van der Waals surface area contributed by atoms with Crippen LogP contribution in [-0.4, -0.2) is 35.7 Å². The van der Waals surface area contributed by atoms with E-state index in [-0.39, 0.29) is 6.29 Å². The van der Waals surface area contributed by atoms with Crippen molar-refractivity contribution in [2.45, 2.75) is 38.6 Å². The quantitative estimate of drug-likeness (QED) is 0.839. The first kappa shape index (κ1) is 12.5. The van der Waals surface area contributed by atoms with E-state index in [9.17, 15) is 5.11 Å². The lowest BCUT2D eigenvalue weighted by atomic mass is 10.1. The molecule has 1 aromatic rings. The van der Waals surface area contributed by atoms with Crippen LogP contribution in [0.3, 0.4) is 0 Å². The van der Waals surface area contributed by atoms with Crippen LogP contribution in [0.25, 0.3) is 0 Å². The lowest BCUT2D eigenvalue weighted by Gasteiger charge is -2.14. The van der Waals surface area contributed by atoms with Crippen molar-refractivity contribution in [3.63, 3.8) is 0 Å². The molecule has 17 heavy (non-hydrogen) atoms. The lowest BCUT2D eigenvalue weighted by Crippen LogP contribution is -2.20. The molecule has 1 aliphatic heterocycles. The highest BCUT2D eigenvalue weighted by atomic mass is 16.7. The van der Waals surface area contributed by atoms with Crippen LogP contribution in [-0.2, 0) is 22.3 Å². The molecule has 0 bridgehead atoms. The summed E-state index contributed by atoms with van der Waals surface area (Å²) in [7, 11) is 0. The molecule has 0 spiro atoms. The molecule has 1 aromatic heterocycles. The van der Waals surface area contributed by atoms with Crippen LogP contribution >= 0.6 is 0 Å². The van der Waals surface area contributed by atoms with E-state index in [2.05, 4.69) is 18.0 Å². The van der Waals surface area contributed by atoms with Crippen molar-refractivity contribution in [1.29, 1.82) is 0 Å². The molecule has 0 aromatic carbocycles. The number of pyridine rings is 1. The lowest BCUT2D eigenvalue weighted by molar-refractivity contribution is -0.0699. The Labute approximate surface area is 102 Å². The Morgan fingerprint density at radius 3 is 2.76 bits per heavy atom. The fourth-order valence-corrected chi connectivity index (χ4v) is 1.88. The Hall–Kier alpha value is -0.970. The maximum atomic E-state index is 9.89. The smallest absolute Gasteiger partial charge is 0.160 e. The van der Waals surface area contributed by atoms with Crippen LogP contribution < -0.4 is 0 Å². The fraction of sp³-hybridized carbons (Fsp3) is 0.615. The average molecular weight is 237 g/mol. The third-order valence-corrected chi connectivity index (χ3v) is 2.89. The summed E-state index contributed by atoms with van der Waals surface area (Å²) in [4.78, 5) is 4.32. The fourth-order valence-electron chi connectivity index (χ4n) is 1.88. The molecule has 0 radical (unpaired) electrons. The molecule has 1 aliphatic rings. The minimum absolute atomic E-state index is 0.250. The Bertz CT molecular complexity index is 333. The zero-order chi connectivity index (χ0) is 12.1. The average Bonchev–Trinajstić information content (AvgIpc) is 2.82. The van der Waals surface area contributed by atoms with E-state index >= 15 is 0 Å². The van der Waals surface area contributed by atoms with Gasteiger partial charge in [0.25, 0.3) is 0 Å². The maximum absolute atomic E-state index is 9.89. The van der Waals surface area contributed by atoms with Crippen LogP contribution in [0.4, 0.5) is 0 Å². The van der Waals surface area contributed by atoms with Crippen molar-refractivity contribution in [2.24, 2.45) is 0 Å². The van der Waals surface area contributed by atoms with E-state index in [0.717, 1.165) is 12.1 Å². The molecule has 1 atom stereocenters. The number of aromatic nitrogens is 1. The largest absolute Gasteiger partial charge is 0.393 e. The number of rotatable bonds is 5. The van der Waals surface area contributed by atoms with Crippen LogP contribution in [0.2, 0.25) is 0 Å². The number of aliphatic hydroxyl groups excluding tert-OH is 1.